The second kappa shape index (κ2) is 5.35. The average Bonchev–Trinajstić information content (AvgIpc) is 2.84. The van der Waals surface area contributed by atoms with E-state index >= 15 is 0 Å². The summed E-state index contributed by atoms with van der Waals surface area (Å²) in [6.45, 7) is 2.92. The third kappa shape index (κ3) is 2.68. The number of rotatable bonds is 5. The standard InChI is InChI=1S/C13H14N2O3/c1-2-18-12-8-10(13(16)17)4-5-11(12)9-15-7-3-6-14-15/h3-8H,2,9H2,1H3,(H,16,17). The van der Waals surface area contributed by atoms with E-state index in [0.717, 1.165) is 5.56 Å². The van der Waals surface area contributed by atoms with Gasteiger partial charge >= 0.3 is 5.97 Å². The van der Waals surface area contributed by atoms with Gasteiger partial charge in [-0.05, 0) is 25.1 Å². The van der Waals surface area contributed by atoms with E-state index < -0.39 is 5.97 Å². The smallest absolute Gasteiger partial charge is 0.335 e. The number of aromatic nitrogens is 2. The molecule has 0 saturated carbocycles. The minimum absolute atomic E-state index is 0.225. The Bertz CT molecular complexity index is 535. The highest BCUT2D eigenvalue weighted by Gasteiger charge is 2.09. The summed E-state index contributed by atoms with van der Waals surface area (Å²) in [5.74, 6) is -0.366. The molecule has 0 bridgehead atoms. The van der Waals surface area contributed by atoms with Crippen LogP contribution in [-0.2, 0) is 6.54 Å². The molecule has 2 rings (SSSR count). The molecule has 1 aromatic carbocycles. The van der Waals surface area contributed by atoms with Gasteiger partial charge in [-0.3, -0.25) is 4.68 Å². The van der Waals surface area contributed by atoms with Gasteiger partial charge in [0.15, 0.2) is 0 Å². The van der Waals surface area contributed by atoms with Gasteiger partial charge in [-0.1, -0.05) is 6.07 Å². The van der Waals surface area contributed by atoms with Crippen LogP contribution in [0.5, 0.6) is 5.75 Å². The van der Waals surface area contributed by atoms with Crippen molar-refractivity contribution in [3.63, 3.8) is 0 Å². The maximum absolute atomic E-state index is 10.9. The number of benzene rings is 1. The molecule has 0 atom stereocenters. The first-order valence-corrected chi connectivity index (χ1v) is 5.67. The Morgan fingerprint density at radius 2 is 2.33 bits per heavy atom. The van der Waals surface area contributed by atoms with Crippen LogP contribution < -0.4 is 4.74 Å². The Morgan fingerprint density at radius 3 is 2.94 bits per heavy atom. The minimum Gasteiger partial charge on any atom is -0.493 e. The molecule has 0 spiro atoms. The van der Waals surface area contributed by atoms with Gasteiger partial charge in [0.05, 0.1) is 18.7 Å². The van der Waals surface area contributed by atoms with E-state index in [1.54, 1.807) is 29.1 Å². The van der Waals surface area contributed by atoms with Gasteiger partial charge in [0.25, 0.3) is 0 Å². The molecular weight excluding hydrogens is 232 g/mol. The molecule has 94 valence electrons. The van der Waals surface area contributed by atoms with Crippen molar-refractivity contribution >= 4 is 5.97 Å². The summed E-state index contributed by atoms with van der Waals surface area (Å²) in [4.78, 5) is 10.9. The number of carboxylic acids is 1. The van der Waals surface area contributed by atoms with Gasteiger partial charge in [-0.2, -0.15) is 5.10 Å². The quantitative estimate of drug-likeness (QED) is 0.876. The van der Waals surface area contributed by atoms with Crippen LogP contribution in [-0.4, -0.2) is 27.5 Å². The molecule has 1 N–H and O–H groups in total. The Labute approximate surface area is 105 Å². The van der Waals surface area contributed by atoms with E-state index in [9.17, 15) is 4.79 Å². The fourth-order valence-corrected chi connectivity index (χ4v) is 1.68. The summed E-state index contributed by atoms with van der Waals surface area (Å²) in [6.07, 6.45) is 3.55. The Balaban J connectivity index is 2.31. The van der Waals surface area contributed by atoms with E-state index in [4.69, 9.17) is 9.84 Å². The van der Waals surface area contributed by atoms with Crippen LogP contribution >= 0.6 is 0 Å². The van der Waals surface area contributed by atoms with Crippen LogP contribution in [0.1, 0.15) is 22.8 Å². The fraction of sp³-hybridized carbons (Fsp3) is 0.231. The first kappa shape index (κ1) is 12.2. The first-order valence-electron chi connectivity index (χ1n) is 5.67. The predicted molar refractivity (Wildman–Crippen MR) is 65.9 cm³/mol. The molecule has 5 heteroatoms. The topological polar surface area (TPSA) is 64.3 Å². The van der Waals surface area contributed by atoms with Crippen molar-refractivity contribution in [3.8, 4) is 5.75 Å². The van der Waals surface area contributed by atoms with Crippen molar-refractivity contribution in [1.29, 1.82) is 0 Å². The van der Waals surface area contributed by atoms with Crippen LogP contribution in [0, 0.1) is 0 Å². The molecule has 0 amide bonds. The third-order valence-electron chi connectivity index (χ3n) is 2.51. The number of hydrogen-bond donors (Lipinski definition) is 1. The zero-order valence-electron chi connectivity index (χ0n) is 10.0. The normalized spacial score (nSPS) is 10.3. The predicted octanol–water partition coefficient (Wildman–Crippen LogP) is 2.03. The summed E-state index contributed by atoms with van der Waals surface area (Å²) in [5, 5.41) is 13.1. The van der Waals surface area contributed by atoms with E-state index in [-0.39, 0.29) is 5.56 Å². The SMILES string of the molecule is CCOc1cc(C(=O)O)ccc1Cn1cccn1. The monoisotopic (exact) mass is 246 g/mol. The Kier molecular flexibility index (Phi) is 3.62. The third-order valence-corrected chi connectivity index (χ3v) is 2.51. The van der Waals surface area contributed by atoms with E-state index in [1.165, 1.54) is 0 Å². The van der Waals surface area contributed by atoms with Crippen LogP contribution in [0.15, 0.2) is 36.7 Å². The van der Waals surface area contributed by atoms with Gasteiger partial charge in [0.2, 0.25) is 0 Å². The van der Waals surface area contributed by atoms with Crippen LogP contribution in [0.25, 0.3) is 0 Å². The Hall–Kier alpha value is -2.30. The largest absolute Gasteiger partial charge is 0.493 e. The number of aromatic carboxylic acids is 1. The van der Waals surface area contributed by atoms with Gasteiger partial charge in [-0.15, -0.1) is 0 Å². The van der Waals surface area contributed by atoms with Gasteiger partial charge in [0, 0.05) is 18.0 Å². The zero-order chi connectivity index (χ0) is 13.0. The molecule has 0 saturated heterocycles. The highest BCUT2D eigenvalue weighted by atomic mass is 16.5. The summed E-state index contributed by atoms with van der Waals surface area (Å²) >= 11 is 0. The van der Waals surface area contributed by atoms with Crippen LogP contribution in [0.4, 0.5) is 0 Å². The maximum Gasteiger partial charge on any atom is 0.335 e. The van der Waals surface area contributed by atoms with E-state index in [1.807, 2.05) is 19.2 Å². The molecule has 0 aliphatic rings. The fourth-order valence-electron chi connectivity index (χ4n) is 1.68. The molecule has 5 nitrogen and oxygen atoms in total. The minimum atomic E-state index is -0.957. The van der Waals surface area contributed by atoms with Crippen LogP contribution in [0.3, 0.4) is 0 Å². The highest BCUT2D eigenvalue weighted by molar-refractivity contribution is 5.88. The molecule has 2 aromatic rings. The lowest BCUT2D eigenvalue weighted by atomic mass is 10.1. The molecule has 0 aliphatic carbocycles. The second-order valence-corrected chi connectivity index (χ2v) is 3.76. The number of carbonyl (C=O) groups is 1. The summed E-state index contributed by atoms with van der Waals surface area (Å²) < 4.78 is 7.23. The molecule has 1 heterocycles. The summed E-state index contributed by atoms with van der Waals surface area (Å²) in [7, 11) is 0. The average molecular weight is 246 g/mol. The second-order valence-electron chi connectivity index (χ2n) is 3.76. The van der Waals surface area contributed by atoms with Gasteiger partial charge < -0.3 is 9.84 Å². The lowest BCUT2D eigenvalue weighted by molar-refractivity contribution is 0.0696. The molecule has 18 heavy (non-hydrogen) atoms. The van der Waals surface area contributed by atoms with E-state index in [2.05, 4.69) is 5.10 Å². The van der Waals surface area contributed by atoms with E-state index in [0.29, 0.717) is 18.9 Å². The van der Waals surface area contributed by atoms with Gasteiger partial charge in [-0.25, -0.2) is 4.79 Å². The van der Waals surface area contributed by atoms with Crippen molar-refractivity contribution in [3.05, 3.63) is 47.8 Å². The number of nitrogens with zero attached hydrogens (tertiary/aromatic N) is 2. The lowest BCUT2D eigenvalue weighted by Gasteiger charge is -2.11. The number of ether oxygens (including phenoxy) is 1. The number of hydrogen-bond acceptors (Lipinski definition) is 3. The van der Waals surface area contributed by atoms with Gasteiger partial charge in [0.1, 0.15) is 5.75 Å². The Morgan fingerprint density at radius 1 is 1.50 bits per heavy atom. The molecule has 1 aromatic heterocycles. The van der Waals surface area contributed by atoms with Crippen molar-refractivity contribution in [2.24, 2.45) is 0 Å². The summed E-state index contributed by atoms with van der Waals surface area (Å²) in [5.41, 5.74) is 1.13. The van der Waals surface area contributed by atoms with Crippen molar-refractivity contribution < 1.29 is 14.6 Å². The molecule has 0 fully saturated rings. The lowest BCUT2D eigenvalue weighted by Crippen LogP contribution is -2.05. The molecule has 0 aliphatic heterocycles. The number of carboxylic acid groups (broad SMARTS) is 1. The molecule has 0 unspecified atom stereocenters. The highest BCUT2D eigenvalue weighted by Crippen LogP contribution is 2.21. The molecular formula is C13H14N2O3. The zero-order valence-corrected chi connectivity index (χ0v) is 10.0. The van der Waals surface area contributed by atoms with Crippen molar-refractivity contribution in [2.75, 3.05) is 6.61 Å². The molecule has 0 radical (unpaired) electrons. The van der Waals surface area contributed by atoms with Crippen LogP contribution in [0.2, 0.25) is 0 Å². The summed E-state index contributed by atoms with van der Waals surface area (Å²) in [6, 6.07) is 6.72. The first-order chi connectivity index (χ1) is 8.70. The maximum atomic E-state index is 10.9. The van der Waals surface area contributed by atoms with Crippen molar-refractivity contribution in [2.45, 2.75) is 13.5 Å². The van der Waals surface area contributed by atoms with Crippen molar-refractivity contribution in [1.82, 2.24) is 9.78 Å².